The predicted octanol–water partition coefficient (Wildman–Crippen LogP) is 1.95. The third-order valence-electron chi connectivity index (χ3n) is 3.21. The van der Waals surface area contributed by atoms with Crippen LogP contribution in [0.2, 0.25) is 0 Å². The Balaban J connectivity index is 2.22. The van der Waals surface area contributed by atoms with Gasteiger partial charge < -0.3 is 9.72 Å². The van der Waals surface area contributed by atoms with Crippen molar-refractivity contribution in [1.82, 2.24) is 19.7 Å². The van der Waals surface area contributed by atoms with Crippen molar-refractivity contribution in [2.45, 2.75) is 20.5 Å². The molecule has 0 atom stereocenters. The molecule has 1 N–H and O–H groups in total. The van der Waals surface area contributed by atoms with Crippen LogP contribution in [-0.4, -0.2) is 26.4 Å². The summed E-state index contributed by atoms with van der Waals surface area (Å²) in [7, 11) is 0. The summed E-state index contributed by atoms with van der Waals surface area (Å²) in [5.74, 6) is 0.506. The van der Waals surface area contributed by atoms with Crippen LogP contribution in [-0.2, 0) is 11.3 Å². The van der Waals surface area contributed by atoms with Crippen LogP contribution < -0.4 is 5.56 Å². The summed E-state index contributed by atoms with van der Waals surface area (Å²) in [6.07, 6.45) is 0. The molecule has 6 heteroatoms. The van der Waals surface area contributed by atoms with E-state index >= 15 is 0 Å². The molecule has 108 valence electrons. The lowest BCUT2D eigenvalue weighted by Gasteiger charge is -2.04. The van der Waals surface area contributed by atoms with E-state index in [1.54, 1.807) is 11.6 Å². The van der Waals surface area contributed by atoms with Gasteiger partial charge in [0.2, 0.25) is 0 Å². The Morgan fingerprint density at radius 2 is 2.05 bits per heavy atom. The van der Waals surface area contributed by atoms with Crippen molar-refractivity contribution < 1.29 is 4.74 Å². The third-order valence-corrected chi connectivity index (χ3v) is 3.21. The third kappa shape index (κ3) is 2.45. The highest BCUT2D eigenvalue weighted by molar-refractivity contribution is 5.78. The molecule has 0 fully saturated rings. The van der Waals surface area contributed by atoms with Crippen molar-refractivity contribution in [1.29, 1.82) is 0 Å². The van der Waals surface area contributed by atoms with Crippen LogP contribution >= 0.6 is 0 Å². The van der Waals surface area contributed by atoms with E-state index in [2.05, 4.69) is 15.1 Å². The summed E-state index contributed by atoms with van der Waals surface area (Å²) < 4.78 is 7.00. The van der Waals surface area contributed by atoms with Gasteiger partial charge in [-0.1, -0.05) is 18.2 Å². The number of nitrogens with one attached hydrogen (secondary N) is 1. The molecule has 0 saturated carbocycles. The number of hydrogen-bond donors (Lipinski definition) is 1. The minimum Gasteiger partial charge on any atom is -0.374 e. The van der Waals surface area contributed by atoms with E-state index in [-0.39, 0.29) is 12.2 Å². The van der Waals surface area contributed by atoms with Gasteiger partial charge in [-0.25, -0.2) is 9.67 Å². The fourth-order valence-corrected chi connectivity index (χ4v) is 2.25. The Labute approximate surface area is 121 Å². The van der Waals surface area contributed by atoms with Crippen LogP contribution in [0.4, 0.5) is 0 Å². The lowest BCUT2D eigenvalue weighted by Crippen LogP contribution is -2.13. The number of para-hydroxylation sites is 1. The highest BCUT2D eigenvalue weighted by atomic mass is 16.5. The second-order valence-corrected chi connectivity index (χ2v) is 4.68. The largest absolute Gasteiger partial charge is 0.374 e. The highest BCUT2D eigenvalue weighted by Crippen LogP contribution is 2.17. The maximum atomic E-state index is 12.2. The van der Waals surface area contributed by atoms with Gasteiger partial charge in [0.05, 0.1) is 11.4 Å². The smallest absolute Gasteiger partial charge is 0.262 e. The first-order valence-corrected chi connectivity index (χ1v) is 6.82. The molecular weight excluding hydrogens is 268 g/mol. The van der Waals surface area contributed by atoms with Crippen LogP contribution in [0.1, 0.15) is 18.4 Å². The van der Waals surface area contributed by atoms with Crippen LogP contribution in [0.15, 0.2) is 35.1 Å². The molecule has 2 aromatic heterocycles. The summed E-state index contributed by atoms with van der Waals surface area (Å²) >= 11 is 0. The number of aromatic nitrogens is 4. The second kappa shape index (κ2) is 5.49. The van der Waals surface area contributed by atoms with E-state index in [4.69, 9.17) is 4.74 Å². The lowest BCUT2D eigenvalue weighted by molar-refractivity contribution is 0.128. The average molecular weight is 284 g/mol. The van der Waals surface area contributed by atoms with E-state index < -0.39 is 0 Å². The van der Waals surface area contributed by atoms with E-state index in [1.165, 1.54) is 0 Å². The Kier molecular flexibility index (Phi) is 3.53. The summed E-state index contributed by atoms with van der Waals surface area (Å²) in [6, 6.07) is 9.63. The van der Waals surface area contributed by atoms with E-state index in [1.807, 2.05) is 37.3 Å². The number of nitrogens with zero attached hydrogens (tertiary/aromatic N) is 3. The number of fused-ring (bicyclic) bond motifs is 1. The summed E-state index contributed by atoms with van der Waals surface area (Å²) in [4.78, 5) is 19.5. The number of aryl methyl sites for hydroxylation is 1. The molecule has 0 aliphatic carbocycles. The molecule has 2 heterocycles. The molecular formula is C15H16N4O2. The molecule has 6 nitrogen and oxygen atoms in total. The van der Waals surface area contributed by atoms with Crippen molar-refractivity contribution in [2.75, 3.05) is 6.61 Å². The molecule has 1 aromatic carbocycles. The maximum Gasteiger partial charge on any atom is 0.262 e. The number of hydrogen-bond acceptors (Lipinski definition) is 4. The molecule has 0 radical (unpaired) electrons. The Hall–Kier alpha value is -2.47. The average Bonchev–Trinajstić information content (AvgIpc) is 2.83. The number of rotatable bonds is 4. The summed E-state index contributed by atoms with van der Waals surface area (Å²) in [5, 5.41) is 4.95. The zero-order valence-corrected chi connectivity index (χ0v) is 12.0. The standard InChI is InChI=1S/C15H16N4O2/c1-3-21-9-12-16-14-13(15(20)17-12)10(2)18-19(14)11-7-5-4-6-8-11/h4-8H,3,9H2,1-2H3,(H,16,17,20). The molecule has 0 aliphatic heterocycles. The molecule has 3 aromatic rings. The van der Waals surface area contributed by atoms with Crippen molar-refractivity contribution >= 4 is 11.0 Å². The van der Waals surface area contributed by atoms with Gasteiger partial charge in [-0.2, -0.15) is 5.10 Å². The molecule has 21 heavy (non-hydrogen) atoms. The quantitative estimate of drug-likeness (QED) is 0.794. The normalized spacial score (nSPS) is 11.1. The predicted molar refractivity (Wildman–Crippen MR) is 79.6 cm³/mol. The first-order valence-electron chi connectivity index (χ1n) is 6.82. The van der Waals surface area contributed by atoms with Gasteiger partial charge in [-0.3, -0.25) is 4.79 Å². The number of benzene rings is 1. The van der Waals surface area contributed by atoms with Gasteiger partial charge >= 0.3 is 0 Å². The molecule has 0 aliphatic rings. The van der Waals surface area contributed by atoms with E-state index in [0.717, 1.165) is 5.69 Å². The van der Waals surface area contributed by atoms with Gasteiger partial charge in [0.1, 0.15) is 17.8 Å². The monoisotopic (exact) mass is 284 g/mol. The minimum absolute atomic E-state index is 0.186. The number of ether oxygens (including phenoxy) is 1. The molecule has 0 spiro atoms. The Morgan fingerprint density at radius 1 is 1.29 bits per heavy atom. The molecule has 3 rings (SSSR count). The topological polar surface area (TPSA) is 72.8 Å². The lowest BCUT2D eigenvalue weighted by atomic mass is 10.3. The SMILES string of the molecule is CCOCc1nc2c(c(C)nn2-c2ccccc2)c(=O)[nH]1. The van der Waals surface area contributed by atoms with Crippen molar-refractivity contribution in [3.63, 3.8) is 0 Å². The Bertz CT molecular complexity index is 821. The first-order chi connectivity index (χ1) is 10.2. The van der Waals surface area contributed by atoms with Crippen molar-refractivity contribution in [3.8, 4) is 5.69 Å². The van der Waals surface area contributed by atoms with Crippen molar-refractivity contribution in [3.05, 3.63) is 52.2 Å². The number of aromatic amines is 1. The van der Waals surface area contributed by atoms with Crippen LogP contribution in [0, 0.1) is 6.92 Å². The van der Waals surface area contributed by atoms with Gasteiger partial charge in [0, 0.05) is 6.61 Å². The second-order valence-electron chi connectivity index (χ2n) is 4.68. The zero-order valence-electron chi connectivity index (χ0n) is 12.0. The number of H-pyrrole nitrogens is 1. The Morgan fingerprint density at radius 3 is 2.76 bits per heavy atom. The van der Waals surface area contributed by atoms with Crippen LogP contribution in [0.5, 0.6) is 0 Å². The molecule has 0 amide bonds. The zero-order chi connectivity index (χ0) is 14.8. The van der Waals surface area contributed by atoms with Gasteiger partial charge in [0.25, 0.3) is 5.56 Å². The minimum atomic E-state index is -0.186. The van der Waals surface area contributed by atoms with Gasteiger partial charge in [0.15, 0.2) is 5.65 Å². The van der Waals surface area contributed by atoms with Crippen molar-refractivity contribution in [2.24, 2.45) is 0 Å². The van der Waals surface area contributed by atoms with Gasteiger partial charge in [-0.05, 0) is 26.0 Å². The molecule has 0 unspecified atom stereocenters. The highest BCUT2D eigenvalue weighted by Gasteiger charge is 2.15. The molecule has 0 saturated heterocycles. The van der Waals surface area contributed by atoms with Gasteiger partial charge in [-0.15, -0.1) is 0 Å². The maximum absolute atomic E-state index is 12.2. The van der Waals surface area contributed by atoms with E-state index in [0.29, 0.717) is 29.2 Å². The molecule has 0 bridgehead atoms. The first kappa shape index (κ1) is 13.5. The fraction of sp³-hybridized carbons (Fsp3) is 0.267. The van der Waals surface area contributed by atoms with Crippen LogP contribution in [0.3, 0.4) is 0 Å². The summed E-state index contributed by atoms with van der Waals surface area (Å²) in [5.41, 5.74) is 1.90. The summed E-state index contributed by atoms with van der Waals surface area (Å²) in [6.45, 7) is 4.55. The van der Waals surface area contributed by atoms with Crippen LogP contribution in [0.25, 0.3) is 16.7 Å². The van der Waals surface area contributed by atoms with E-state index in [9.17, 15) is 4.79 Å². The fourth-order valence-electron chi connectivity index (χ4n) is 2.25.